The van der Waals surface area contributed by atoms with Crippen molar-refractivity contribution in [2.75, 3.05) is 19.7 Å². The van der Waals surface area contributed by atoms with E-state index in [1.54, 1.807) is 12.1 Å². The highest BCUT2D eigenvalue weighted by Gasteiger charge is 2.35. The summed E-state index contributed by atoms with van der Waals surface area (Å²) in [7, 11) is 0. The maximum absolute atomic E-state index is 13.4. The standard InChI is InChI=1S/C21H23BrFN3O/c1-14(19-11-17(22)10-15-12-25-26-20(15)19)27-13-21(6-8-24-9-7-21)16-2-4-18(23)5-3-16/h2-5,10-12,14,24H,6-9,13H2,1H3,(H,25,26). The first-order valence-corrected chi connectivity index (χ1v) is 10.1. The lowest BCUT2D eigenvalue weighted by atomic mass is 9.74. The van der Waals surface area contributed by atoms with Crippen molar-refractivity contribution < 1.29 is 9.13 Å². The Morgan fingerprint density at radius 2 is 1.96 bits per heavy atom. The third kappa shape index (κ3) is 3.79. The van der Waals surface area contributed by atoms with Crippen molar-refractivity contribution in [3.8, 4) is 0 Å². The van der Waals surface area contributed by atoms with Crippen LogP contribution in [0.1, 0.15) is 37.0 Å². The fourth-order valence-corrected chi connectivity index (χ4v) is 4.46. The average molecular weight is 432 g/mol. The van der Waals surface area contributed by atoms with Crippen molar-refractivity contribution in [3.63, 3.8) is 0 Å². The second kappa shape index (κ2) is 7.70. The summed E-state index contributed by atoms with van der Waals surface area (Å²) in [5.41, 5.74) is 3.15. The zero-order chi connectivity index (χ0) is 18.9. The normalized spacial score (nSPS) is 17.9. The number of nitrogens with one attached hydrogen (secondary N) is 2. The molecule has 1 unspecified atom stereocenters. The quantitative estimate of drug-likeness (QED) is 0.605. The van der Waals surface area contributed by atoms with Crippen LogP contribution in [0, 0.1) is 5.82 Å². The molecular formula is C21H23BrFN3O. The molecule has 3 aromatic rings. The Bertz CT molecular complexity index is 919. The first-order valence-electron chi connectivity index (χ1n) is 9.28. The number of rotatable bonds is 5. The van der Waals surface area contributed by atoms with Crippen molar-refractivity contribution in [2.45, 2.75) is 31.3 Å². The molecule has 0 spiro atoms. The summed E-state index contributed by atoms with van der Waals surface area (Å²) < 4.78 is 20.8. The van der Waals surface area contributed by atoms with E-state index in [0.29, 0.717) is 6.61 Å². The number of hydrogen-bond acceptors (Lipinski definition) is 3. The minimum absolute atomic E-state index is 0.0855. The van der Waals surface area contributed by atoms with E-state index in [1.165, 1.54) is 0 Å². The molecule has 1 saturated heterocycles. The van der Waals surface area contributed by atoms with Crippen LogP contribution in [0.15, 0.2) is 47.1 Å². The molecule has 0 aliphatic carbocycles. The molecule has 27 heavy (non-hydrogen) atoms. The minimum atomic E-state index is -0.201. The number of benzene rings is 2. The monoisotopic (exact) mass is 431 g/mol. The number of piperidine rings is 1. The molecule has 0 radical (unpaired) electrons. The molecule has 2 N–H and O–H groups in total. The fraction of sp³-hybridized carbons (Fsp3) is 0.381. The molecule has 4 nitrogen and oxygen atoms in total. The lowest BCUT2D eigenvalue weighted by molar-refractivity contribution is 0.0172. The van der Waals surface area contributed by atoms with E-state index in [0.717, 1.165) is 52.4 Å². The number of nitrogens with zero attached hydrogens (tertiary/aromatic N) is 1. The molecule has 1 atom stereocenters. The third-order valence-corrected chi connectivity index (χ3v) is 6.07. The number of H-pyrrole nitrogens is 1. The van der Waals surface area contributed by atoms with E-state index in [2.05, 4.69) is 44.4 Å². The Morgan fingerprint density at radius 3 is 2.70 bits per heavy atom. The van der Waals surface area contributed by atoms with Crippen LogP contribution >= 0.6 is 15.9 Å². The summed E-state index contributed by atoms with van der Waals surface area (Å²) in [4.78, 5) is 0. The summed E-state index contributed by atoms with van der Waals surface area (Å²) in [5, 5.41) is 11.7. The largest absolute Gasteiger partial charge is 0.373 e. The van der Waals surface area contributed by atoms with E-state index in [9.17, 15) is 4.39 Å². The van der Waals surface area contributed by atoms with Crippen LogP contribution in [0.3, 0.4) is 0 Å². The van der Waals surface area contributed by atoms with Crippen molar-refractivity contribution in [1.82, 2.24) is 15.5 Å². The predicted octanol–water partition coefficient (Wildman–Crippen LogP) is 4.86. The summed E-state index contributed by atoms with van der Waals surface area (Å²) in [5.74, 6) is -0.201. The summed E-state index contributed by atoms with van der Waals surface area (Å²) in [6.07, 6.45) is 3.69. The number of hydrogen-bond donors (Lipinski definition) is 2. The summed E-state index contributed by atoms with van der Waals surface area (Å²) in [6.45, 7) is 4.55. The van der Waals surface area contributed by atoms with Crippen LogP contribution in [-0.2, 0) is 10.2 Å². The van der Waals surface area contributed by atoms with Crippen LogP contribution in [0.5, 0.6) is 0 Å². The van der Waals surface area contributed by atoms with E-state index < -0.39 is 0 Å². The SMILES string of the molecule is CC(OCC1(c2ccc(F)cc2)CCNCC1)c1cc(Br)cc2cn[nH]c12. The first kappa shape index (κ1) is 18.6. The van der Waals surface area contributed by atoms with Crippen LogP contribution < -0.4 is 5.32 Å². The maximum Gasteiger partial charge on any atom is 0.123 e. The van der Waals surface area contributed by atoms with Gasteiger partial charge in [0, 0.05) is 20.8 Å². The highest BCUT2D eigenvalue weighted by Crippen LogP contribution is 2.36. The first-order chi connectivity index (χ1) is 13.1. The second-order valence-corrected chi connectivity index (χ2v) is 8.24. The summed E-state index contributed by atoms with van der Waals surface area (Å²) in [6, 6.07) is 11.0. The molecule has 142 valence electrons. The second-order valence-electron chi connectivity index (χ2n) is 7.32. The molecule has 2 aromatic carbocycles. The smallest absolute Gasteiger partial charge is 0.123 e. The Kier molecular flexibility index (Phi) is 5.30. The van der Waals surface area contributed by atoms with E-state index >= 15 is 0 Å². The van der Waals surface area contributed by atoms with Gasteiger partial charge in [0.1, 0.15) is 5.82 Å². The van der Waals surface area contributed by atoms with Gasteiger partial charge in [-0.15, -0.1) is 0 Å². The fourth-order valence-electron chi connectivity index (χ4n) is 3.97. The van der Waals surface area contributed by atoms with Crippen molar-refractivity contribution in [3.05, 3.63) is 64.0 Å². The van der Waals surface area contributed by atoms with Gasteiger partial charge in [0.15, 0.2) is 0 Å². The Hall–Kier alpha value is -1.76. The number of ether oxygens (including phenoxy) is 1. The topological polar surface area (TPSA) is 49.9 Å². The van der Waals surface area contributed by atoms with Gasteiger partial charge in [0.25, 0.3) is 0 Å². The van der Waals surface area contributed by atoms with E-state index in [1.807, 2.05) is 24.4 Å². The lowest BCUT2D eigenvalue weighted by Crippen LogP contribution is -2.43. The average Bonchev–Trinajstić information content (AvgIpc) is 3.15. The van der Waals surface area contributed by atoms with Gasteiger partial charge < -0.3 is 10.1 Å². The predicted molar refractivity (Wildman–Crippen MR) is 108 cm³/mol. The number of aromatic amines is 1. The molecule has 2 heterocycles. The van der Waals surface area contributed by atoms with Crippen LogP contribution in [-0.4, -0.2) is 29.9 Å². The van der Waals surface area contributed by atoms with Crippen molar-refractivity contribution >= 4 is 26.8 Å². The molecule has 1 fully saturated rings. The Morgan fingerprint density at radius 1 is 1.22 bits per heavy atom. The highest BCUT2D eigenvalue weighted by atomic mass is 79.9. The molecule has 0 saturated carbocycles. The van der Waals surface area contributed by atoms with Crippen molar-refractivity contribution in [1.29, 1.82) is 0 Å². The van der Waals surface area contributed by atoms with Gasteiger partial charge in [-0.1, -0.05) is 28.1 Å². The van der Waals surface area contributed by atoms with Gasteiger partial charge >= 0.3 is 0 Å². The van der Waals surface area contributed by atoms with Crippen LogP contribution in [0.25, 0.3) is 10.9 Å². The van der Waals surface area contributed by atoms with E-state index in [-0.39, 0.29) is 17.3 Å². The van der Waals surface area contributed by atoms with Gasteiger partial charge in [-0.25, -0.2) is 4.39 Å². The molecular weight excluding hydrogens is 409 g/mol. The van der Waals surface area contributed by atoms with Crippen LogP contribution in [0.2, 0.25) is 0 Å². The van der Waals surface area contributed by atoms with Crippen molar-refractivity contribution in [2.24, 2.45) is 0 Å². The molecule has 6 heteroatoms. The Labute approximate surface area is 166 Å². The molecule has 4 rings (SSSR count). The van der Waals surface area contributed by atoms with Gasteiger partial charge in [0.05, 0.1) is 24.4 Å². The summed E-state index contributed by atoms with van der Waals surface area (Å²) >= 11 is 3.58. The molecule has 0 amide bonds. The van der Waals surface area contributed by atoms with Gasteiger partial charge in [-0.05, 0) is 62.7 Å². The number of aromatic nitrogens is 2. The maximum atomic E-state index is 13.4. The number of fused-ring (bicyclic) bond motifs is 1. The number of halogens is 2. The zero-order valence-electron chi connectivity index (χ0n) is 15.3. The lowest BCUT2D eigenvalue weighted by Gasteiger charge is -2.38. The van der Waals surface area contributed by atoms with E-state index in [4.69, 9.17) is 4.74 Å². The molecule has 0 bridgehead atoms. The van der Waals surface area contributed by atoms with Gasteiger partial charge in [-0.3, -0.25) is 5.10 Å². The molecule has 1 aromatic heterocycles. The molecule has 1 aliphatic heterocycles. The molecule has 1 aliphatic rings. The Balaban J connectivity index is 1.58. The third-order valence-electron chi connectivity index (χ3n) is 5.61. The zero-order valence-corrected chi connectivity index (χ0v) is 16.9. The minimum Gasteiger partial charge on any atom is -0.373 e. The van der Waals surface area contributed by atoms with Crippen LogP contribution in [0.4, 0.5) is 4.39 Å². The van der Waals surface area contributed by atoms with Gasteiger partial charge in [0.2, 0.25) is 0 Å². The van der Waals surface area contributed by atoms with Gasteiger partial charge in [-0.2, -0.15) is 5.10 Å². The highest BCUT2D eigenvalue weighted by molar-refractivity contribution is 9.10.